The van der Waals surface area contributed by atoms with Crippen LogP contribution in [0.2, 0.25) is 0 Å². The Kier molecular flexibility index (Phi) is 6.80. The topological polar surface area (TPSA) is 108 Å². The number of nitrogens with one attached hydrogen (secondary N) is 1. The van der Waals surface area contributed by atoms with Crippen molar-refractivity contribution in [2.24, 2.45) is 11.7 Å². The summed E-state index contributed by atoms with van der Waals surface area (Å²) in [6.07, 6.45) is 6.17. The first-order valence-corrected chi connectivity index (χ1v) is 11.1. The van der Waals surface area contributed by atoms with Crippen molar-refractivity contribution in [3.8, 4) is 17.1 Å². The third kappa shape index (κ3) is 5.50. The Morgan fingerprint density at radius 2 is 2.03 bits per heavy atom. The highest BCUT2D eigenvalue weighted by molar-refractivity contribution is 5.93. The van der Waals surface area contributed by atoms with Crippen molar-refractivity contribution in [1.82, 2.24) is 25.1 Å². The molecule has 3 N–H and O–H groups in total. The lowest BCUT2D eigenvalue weighted by atomic mass is 9.86. The van der Waals surface area contributed by atoms with Crippen LogP contribution in [0.3, 0.4) is 0 Å². The molecule has 2 heterocycles. The molecule has 0 aliphatic heterocycles. The molecule has 4 rings (SSSR count). The predicted molar refractivity (Wildman–Crippen MR) is 122 cm³/mol. The van der Waals surface area contributed by atoms with E-state index < -0.39 is 0 Å². The summed E-state index contributed by atoms with van der Waals surface area (Å²) in [7, 11) is 1.62. The number of methoxy groups -OCH3 is 1. The van der Waals surface area contributed by atoms with Crippen molar-refractivity contribution in [3.63, 3.8) is 0 Å². The molecule has 32 heavy (non-hydrogen) atoms. The van der Waals surface area contributed by atoms with Crippen molar-refractivity contribution in [1.29, 1.82) is 0 Å². The molecule has 168 valence electrons. The minimum Gasteiger partial charge on any atom is -0.497 e. The van der Waals surface area contributed by atoms with Gasteiger partial charge in [0.05, 0.1) is 7.11 Å². The number of aryl methyl sites for hydroxylation is 1. The maximum atomic E-state index is 12.7. The van der Waals surface area contributed by atoms with Crippen molar-refractivity contribution >= 4 is 5.91 Å². The van der Waals surface area contributed by atoms with E-state index in [9.17, 15) is 4.79 Å². The van der Waals surface area contributed by atoms with Crippen LogP contribution >= 0.6 is 0 Å². The third-order valence-electron chi connectivity index (χ3n) is 5.90. The molecule has 1 amide bonds. The number of hydrogen-bond donors (Lipinski definition) is 2. The van der Waals surface area contributed by atoms with Crippen molar-refractivity contribution in [2.75, 3.05) is 7.11 Å². The number of amides is 1. The molecule has 8 nitrogen and oxygen atoms in total. The van der Waals surface area contributed by atoms with Gasteiger partial charge >= 0.3 is 0 Å². The molecule has 1 fully saturated rings. The van der Waals surface area contributed by atoms with Crippen LogP contribution in [0.5, 0.6) is 5.75 Å². The van der Waals surface area contributed by atoms with Gasteiger partial charge in [-0.2, -0.15) is 5.10 Å². The van der Waals surface area contributed by atoms with Crippen LogP contribution in [0.4, 0.5) is 0 Å². The minimum atomic E-state index is -0.240. The molecule has 0 atom stereocenters. The summed E-state index contributed by atoms with van der Waals surface area (Å²) in [6.45, 7) is 3.10. The second-order valence-corrected chi connectivity index (χ2v) is 8.49. The van der Waals surface area contributed by atoms with Crippen LogP contribution in [0.25, 0.3) is 11.4 Å². The molecular weight excluding hydrogens is 404 g/mol. The average molecular weight is 435 g/mol. The Labute approximate surface area is 188 Å². The van der Waals surface area contributed by atoms with Crippen LogP contribution in [0.1, 0.15) is 47.4 Å². The van der Waals surface area contributed by atoms with Gasteiger partial charge in [0, 0.05) is 30.4 Å². The Bertz CT molecular complexity index is 1070. The molecule has 0 radical (unpaired) electrons. The van der Waals surface area contributed by atoms with E-state index in [4.69, 9.17) is 10.5 Å². The monoisotopic (exact) mass is 434 g/mol. The Morgan fingerprint density at radius 1 is 1.22 bits per heavy atom. The van der Waals surface area contributed by atoms with Gasteiger partial charge in [-0.25, -0.2) is 9.97 Å². The fourth-order valence-electron chi connectivity index (χ4n) is 4.12. The summed E-state index contributed by atoms with van der Waals surface area (Å²) in [5, 5.41) is 7.57. The van der Waals surface area contributed by atoms with Crippen LogP contribution in [-0.2, 0) is 13.1 Å². The Balaban J connectivity index is 1.43. The largest absolute Gasteiger partial charge is 0.497 e. The van der Waals surface area contributed by atoms with E-state index in [1.165, 1.54) is 0 Å². The second-order valence-electron chi connectivity index (χ2n) is 8.49. The second kappa shape index (κ2) is 9.91. The molecule has 2 aromatic heterocycles. The first-order valence-electron chi connectivity index (χ1n) is 11.1. The number of ether oxygens (including phenoxy) is 1. The Hall–Kier alpha value is -3.26. The first-order chi connectivity index (χ1) is 15.5. The highest BCUT2D eigenvalue weighted by Crippen LogP contribution is 2.25. The fraction of sp³-hybridized carbons (Fsp3) is 0.417. The normalized spacial score (nSPS) is 18.3. The number of carbonyl (C=O) groups excluding carboxylic acids is 1. The summed E-state index contributed by atoms with van der Waals surface area (Å²) in [4.78, 5) is 21.6. The molecule has 0 spiro atoms. The van der Waals surface area contributed by atoms with E-state index in [-0.39, 0.29) is 5.91 Å². The molecule has 0 saturated heterocycles. The number of nitrogens with two attached hydrogens (primary N) is 1. The van der Waals surface area contributed by atoms with Crippen molar-refractivity contribution in [2.45, 2.75) is 51.7 Å². The quantitative estimate of drug-likeness (QED) is 0.592. The minimum absolute atomic E-state index is 0.240. The number of pyridine rings is 1. The maximum absolute atomic E-state index is 12.7. The number of aromatic nitrogens is 4. The first kappa shape index (κ1) is 22.0. The molecule has 8 heteroatoms. The van der Waals surface area contributed by atoms with E-state index in [0.717, 1.165) is 54.8 Å². The Morgan fingerprint density at radius 3 is 2.81 bits per heavy atom. The predicted octanol–water partition coefficient (Wildman–Crippen LogP) is 3.10. The van der Waals surface area contributed by atoms with Gasteiger partial charge in [0.2, 0.25) is 0 Å². The van der Waals surface area contributed by atoms with Gasteiger partial charge in [-0.05, 0) is 68.4 Å². The van der Waals surface area contributed by atoms with E-state index in [2.05, 4.69) is 20.4 Å². The van der Waals surface area contributed by atoms with Crippen LogP contribution in [0, 0.1) is 12.8 Å². The van der Waals surface area contributed by atoms with Gasteiger partial charge in [-0.15, -0.1) is 0 Å². The summed E-state index contributed by atoms with van der Waals surface area (Å²) in [5.41, 5.74) is 8.84. The maximum Gasteiger partial charge on any atom is 0.270 e. The lowest BCUT2D eigenvalue weighted by Gasteiger charge is -2.25. The highest BCUT2D eigenvalue weighted by Gasteiger charge is 2.20. The van der Waals surface area contributed by atoms with E-state index in [1.807, 2.05) is 41.9 Å². The number of benzene rings is 1. The molecule has 1 saturated carbocycles. The number of rotatable bonds is 7. The van der Waals surface area contributed by atoms with Gasteiger partial charge in [0.15, 0.2) is 5.82 Å². The fourth-order valence-corrected chi connectivity index (χ4v) is 4.12. The zero-order valence-corrected chi connectivity index (χ0v) is 18.6. The van der Waals surface area contributed by atoms with E-state index in [0.29, 0.717) is 30.0 Å². The van der Waals surface area contributed by atoms with Gasteiger partial charge < -0.3 is 15.8 Å². The van der Waals surface area contributed by atoms with Gasteiger partial charge in [-0.3, -0.25) is 9.48 Å². The number of carbonyl (C=O) groups is 1. The van der Waals surface area contributed by atoms with Crippen LogP contribution < -0.4 is 15.8 Å². The summed E-state index contributed by atoms with van der Waals surface area (Å²) in [6, 6.07) is 11.6. The zero-order chi connectivity index (χ0) is 22.5. The lowest BCUT2D eigenvalue weighted by molar-refractivity contribution is 0.0945. The third-order valence-corrected chi connectivity index (χ3v) is 5.90. The smallest absolute Gasteiger partial charge is 0.270 e. The van der Waals surface area contributed by atoms with E-state index in [1.54, 1.807) is 19.5 Å². The molecule has 1 aliphatic carbocycles. The SMILES string of the molecule is COc1cccc(CNC(=O)c2cc(-c3ncn(CC4CCC(N)CC4)n3)cc(C)n2)c1. The van der Waals surface area contributed by atoms with Crippen molar-refractivity contribution in [3.05, 3.63) is 59.7 Å². The highest BCUT2D eigenvalue weighted by atomic mass is 16.5. The van der Waals surface area contributed by atoms with Crippen LogP contribution in [0.15, 0.2) is 42.7 Å². The molecule has 1 aliphatic rings. The molecule has 1 aromatic carbocycles. The van der Waals surface area contributed by atoms with Crippen LogP contribution in [-0.4, -0.2) is 38.8 Å². The standard InChI is InChI=1S/C24H30N6O2/c1-16-10-19(23-27-15-30(29-23)14-17-6-8-20(25)9-7-17)12-22(28-16)24(31)26-13-18-4-3-5-21(11-18)32-2/h3-5,10-12,15,17,20H,6-9,13-14,25H2,1-2H3,(H,26,31). The summed E-state index contributed by atoms with van der Waals surface area (Å²) in [5.74, 6) is 1.70. The number of hydrogen-bond acceptors (Lipinski definition) is 6. The van der Waals surface area contributed by atoms with Gasteiger partial charge in [0.25, 0.3) is 5.91 Å². The molecule has 3 aromatic rings. The lowest BCUT2D eigenvalue weighted by Crippen LogP contribution is -2.28. The number of nitrogens with zero attached hydrogens (tertiary/aromatic N) is 4. The molecule has 0 bridgehead atoms. The van der Waals surface area contributed by atoms with E-state index >= 15 is 0 Å². The van der Waals surface area contributed by atoms with Crippen molar-refractivity contribution < 1.29 is 9.53 Å². The zero-order valence-electron chi connectivity index (χ0n) is 18.6. The molecular formula is C24H30N6O2. The van der Waals surface area contributed by atoms with Gasteiger partial charge in [0.1, 0.15) is 17.8 Å². The van der Waals surface area contributed by atoms with Gasteiger partial charge in [-0.1, -0.05) is 12.1 Å². The molecule has 0 unspecified atom stereocenters. The summed E-state index contributed by atoms with van der Waals surface area (Å²) >= 11 is 0. The average Bonchev–Trinajstić information content (AvgIpc) is 3.27. The summed E-state index contributed by atoms with van der Waals surface area (Å²) < 4.78 is 7.13.